The molecule has 2 rings (SSSR count). The number of carboxylic acid groups (broad SMARTS) is 1. The van der Waals surface area contributed by atoms with Crippen LogP contribution in [0.3, 0.4) is 0 Å². The number of carbonyl (C=O) groups is 1. The predicted molar refractivity (Wildman–Crippen MR) is 75.0 cm³/mol. The summed E-state index contributed by atoms with van der Waals surface area (Å²) in [6.07, 6.45) is 1.96. The predicted octanol–water partition coefficient (Wildman–Crippen LogP) is 3.36. The first-order chi connectivity index (χ1) is 8.61. The maximum atomic E-state index is 10.9. The number of nitrogens with two attached hydrogens (primary N) is 1. The number of nitrogen functional groups attached to an aromatic ring is 1. The lowest BCUT2D eigenvalue weighted by atomic mass is 10.0. The number of carboxylic acids is 1. The minimum absolute atomic E-state index is 0.287. The number of thioether (sulfide) groups is 1. The van der Waals surface area contributed by atoms with Gasteiger partial charge in [-0.05, 0) is 41.6 Å². The summed E-state index contributed by atoms with van der Waals surface area (Å²) in [5.41, 5.74) is 8.71. The molecule has 4 heteroatoms. The number of hydrogen-bond acceptors (Lipinski definition) is 3. The van der Waals surface area contributed by atoms with E-state index < -0.39 is 5.97 Å². The molecular formula is C14H13NO2S. The van der Waals surface area contributed by atoms with Crippen molar-refractivity contribution in [1.29, 1.82) is 0 Å². The van der Waals surface area contributed by atoms with E-state index in [0.29, 0.717) is 0 Å². The van der Waals surface area contributed by atoms with Gasteiger partial charge in [0.2, 0.25) is 0 Å². The highest BCUT2D eigenvalue weighted by atomic mass is 32.2. The average molecular weight is 259 g/mol. The Morgan fingerprint density at radius 2 is 1.89 bits per heavy atom. The molecule has 0 aliphatic rings. The maximum Gasteiger partial charge on any atom is 0.335 e. The molecule has 0 saturated heterocycles. The number of hydrogen-bond donors (Lipinski definition) is 2. The Balaban J connectivity index is 2.48. The van der Waals surface area contributed by atoms with Crippen molar-refractivity contribution in [3.63, 3.8) is 0 Å². The monoisotopic (exact) mass is 259 g/mol. The number of anilines is 1. The van der Waals surface area contributed by atoms with E-state index in [2.05, 4.69) is 0 Å². The number of aromatic carboxylic acids is 1. The highest BCUT2D eigenvalue weighted by Gasteiger charge is 2.06. The molecule has 0 bridgehead atoms. The van der Waals surface area contributed by atoms with E-state index in [1.165, 1.54) is 0 Å². The van der Waals surface area contributed by atoms with E-state index in [-0.39, 0.29) is 5.56 Å². The SMILES string of the molecule is CSc1cc(-c2cccc(C(=O)O)c2)ccc1N. The summed E-state index contributed by atoms with van der Waals surface area (Å²) in [7, 11) is 0. The molecule has 0 saturated carbocycles. The fraction of sp³-hybridized carbons (Fsp3) is 0.0714. The third kappa shape index (κ3) is 2.49. The first-order valence-corrected chi connectivity index (χ1v) is 6.61. The van der Waals surface area contributed by atoms with Crippen LogP contribution in [-0.4, -0.2) is 17.3 Å². The normalized spacial score (nSPS) is 10.3. The van der Waals surface area contributed by atoms with E-state index in [1.807, 2.05) is 30.5 Å². The lowest BCUT2D eigenvalue weighted by molar-refractivity contribution is 0.0697. The van der Waals surface area contributed by atoms with Crippen LogP contribution in [0.4, 0.5) is 5.69 Å². The van der Waals surface area contributed by atoms with Gasteiger partial charge in [0, 0.05) is 10.6 Å². The van der Waals surface area contributed by atoms with Crippen LogP contribution < -0.4 is 5.73 Å². The van der Waals surface area contributed by atoms with Gasteiger partial charge >= 0.3 is 5.97 Å². The van der Waals surface area contributed by atoms with E-state index >= 15 is 0 Å². The highest BCUT2D eigenvalue weighted by molar-refractivity contribution is 7.98. The zero-order valence-electron chi connectivity index (χ0n) is 9.88. The second-order valence-corrected chi connectivity index (χ2v) is 4.69. The Kier molecular flexibility index (Phi) is 3.58. The Morgan fingerprint density at radius 1 is 1.17 bits per heavy atom. The Morgan fingerprint density at radius 3 is 2.56 bits per heavy atom. The summed E-state index contributed by atoms with van der Waals surface area (Å²) >= 11 is 1.57. The molecule has 0 aliphatic carbocycles. The zero-order chi connectivity index (χ0) is 13.1. The molecule has 0 spiro atoms. The summed E-state index contributed by atoms with van der Waals surface area (Å²) in [5, 5.41) is 8.98. The summed E-state index contributed by atoms with van der Waals surface area (Å²) in [4.78, 5) is 11.9. The van der Waals surface area contributed by atoms with E-state index in [4.69, 9.17) is 10.8 Å². The first-order valence-electron chi connectivity index (χ1n) is 5.39. The van der Waals surface area contributed by atoms with Gasteiger partial charge in [0.05, 0.1) is 5.56 Å². The van der Waals surface area contributed by atoms with Gasteiger partial charge in [-0.25, -0.2) is 4.79 Å². The molecule has 0 aromatic heterocycles. The molecule has 92 valence electrons. The molecule has 2 aromatic rings. The van der Waals surface area contributed by atoms with Crippen molar-refractivity contribution in [2.75, 3.05) is 12.0 Å². The van der Waals surface area contributed by atoms with Crippen LogP contribution in [-0.2, 0) is 0 Å². The van der Waals surface area contributed by atoms with Gasteiger partial charge in [-0.2, -0.15) is 0 Å². The van der Waals surface area contributed by atoms with Gasteiger partial charge in [-0.1, -0.05) is 18.2 Å². The molecule has 0 unspecified atom stereocenters. The van der Waals surface area contributed by atoms with Crippen molar-refractivity contribution in [3.8, 4) is 11.1 Å². The Hall–Kier alpha value is -1.94. The molecule has 0 fully saturated rings. The highest BCUT2D eigenvalue weighted by Crippen LogP contribution is 2.29. The van der Waals surface area contributed by atoms with Gasteiger partial charge in [-0.3, -0.25) is 0 Å². The molecule has 18 heavy (non-hydrogen) atoms. The second kappa shape index (κ2) is 5.14. The van der Waals surface area contributed by atoms with Crippen molar-refractivity contribution in [1.82, 2.24) is 0 Å². The minimum atomic E-state index is -0.919. The van der Waals surface area contributed by atoms with Crippen LogP contribution in [0.5, 0.6) is 0 Å². The van der Waals surface area contributed by atoms with Crippen molar-refractivity contribution in [2.24, 2.45) is 0 Å². The quantitative estimate of drug-likeness (QED) is 0.655. The molecule has 0 radical (unpaired) electrons. The molecule has 0 amide bonds. The van der Waals surface area contributed by atoms with Crippen molar-refractivity contribution >= 4 is 23.4 Å². The Labute approximate surface area is 110 Å². The third-order valence-corrected chi connectivity index (χ3v) is 3.47. The molecule has 2 aromatic carbocycles. The molecular weight excluding hydrogens is 246 g/mol. The van der Waals surface area contributed by atoms with Crippen LogP contribution in [0, 0.1) is 0 Å². The van der Waals surface area contributed by atoms with Crippen LogP contribution in [0.2, 0.25) is 0 Å². The van der Waals surface area contributed by atoms with Gasteiger partial charge in [-0.15, -0.1) is 11.8 Å². The van der Waals surface area contributed by atoms with Gasteiger partial charge in [0.1, 0.15) is 0 Å². The topological polar surface area (TPSA) is 63.3 Å². The van der Waals surface area contributed by atoms with Crippen LogP contribution in [0.15, 0.2) is 47.4 Å². The van der Waals surface area contributed by atoms with E-state index in [1.54, 1.807) is 30.0 Å². The van der Waals surface area contributed by atoms with Crippen LogP contribution >= 0.6 is 11.8 Å². The fourth-order valence-corrected chi connectivity index (χ4v) is 2.27. The minimum Gasteiger partial charge on any atom is -0.478 e. The zero-order valence-corrected chi connectivity index (χ0v) is 10.7. The molecule has 3 N–H and O–H groups in total. The number of rotatable bonds is 3. The lowest BCUT2D eigenvalue weighted by Gasteiger charge is -2.07. The summed E-state index contributed by atoms with van der Waals surface area (Å²) in [6.45, 7) is 0. The molecule has 3 nitrogen and oxygen atoms in total. The van der Waals surface area contributed by atoms with E-state index in [0.717, 1.165) is 21.7 Å². The average Bonchev–Trinajstić information content (AvgIpc) is 2.39. The summed E-state index contributed by atoms with van der Waals surface area (Å²) in [5.74, 6) is -0.919. The fourth-order valence-electron chi connectivity index (χ4n) is 1.72. The van der Waals surface area contributed by atoms with Gasteiger partial charge < -0.3 is 10.8 Å². The largest absolute Gasteiger partial charge is 0.478 e. The summed E-state index contributed by atoms with van der Waals surface area (Å²) in [6, 6.07) is 12.6. The van der Waals surface area contributed by atoms with E-state index in [9.17, 15) is 4.79 Å². The smallest absolute Gasteiger partial charge is 0.335 e. The van der Waals surface area contributed by atoms with Crippen LogP contribution in [0.25, 0.3) is 11.1 Å². The standard InChI is InChI=1S/C14H13NO2S/c1-18-13-8-10(5-6-12(13)15)9-3-2-4-11(7-9)14(16)17/h2-8H,15H2,1H3,(H,16,17). The first kappa shape index (κ1) is 12.5. The van der Waals surface area contributed by atoms with Crippen molar-refractivity contribution in [3.05, 3.63) is 48.0 Å². The van der Waals surface area contributed by atoms with Crippen LogP contribution in [0.1, 0.15) is 10.4 Å². The Bertz CT molecular complexity index is 596. The third-order valence-electron chi connectivity index (χ3n) is 2.68. The molecule has 0 heterocycles. The number of benzene rings is 2. The second-order valence-electron chi connectivity index (χ2n) is 3.84. The maximum absolute atomic E-state index is 10.9. The van der Waals surface area contributed by atoms with Gasteiger partial charge in [0.15, 0.2) is 0 Å². The van der Waals surface area contributed by atoms with Crippen molar-refractivity contribution in [2.45, 2.75) is 4.90 Å². The van der Waals surface area contributed by atoms with Crippen molar-refractivity contribution < 1.29 is 9.90 Å². The molecule has 0 aliphatic heterocycles. The summed E-state index contributed by atoms with van der Waals surface area (Å²) < 4.78 is 0. The lowest BCUT2D eigenvalue weighted by Crippen LogP contribution is -1.96. The van der Waals surface area contributed by atoms with Gasteiger partial charge in [0.25, 0.3) is 0 Å². The molecule has 0 atom stereocenters.